The van der Waals surface area contributed by atoms with Crippen LogP contribution in [-0.2, 0) is 6.54 Å². The predicted octanol–water partition coefficient (Wildman–Crippen LogP) is 3.35. The largest absolute Gasteiger partial charge is 0.389 e. The lowest BCUT2D eigenvalue weighted by molar-refractivity contribution is 0.102. The van der Waals surface area contributed by atoms with E-state index in [4.69, 9.17) is 5.73 Å². The summed E-state index contributed by atoms with van der Waals surface area (Å²) < 4.78 is 41.7. The van der Waals surface area contributed by atoms with Gasteiger partial charge in [-0.2, -0.15) is 5.10 Å². The summed E-state index contributed by atoms with van der Waals surface area (Å²) in [6.07, 6.45) is -0.437. The molecule has 8 nitrogen and oxygen atoms in total. The second kappa shape index (κ2) is 9.79. The zero-order chi connectivity index (χ0) is 23.5. The Balaban J connectivity index is 1.63. The van der Waals surface area contributed by atoms with E-state index in [1.165, 1.54) is 16.9 Å². The number of aromatic nitrogens is 3. The number of hydrogen-bond donors (Lipinski definition) is 3. The Bertz CT molecular complexity index is 1140. The van der Waals surface area contributed by atoms with E-state index in [2.05, 4.69) is 20.7 Å². The van der Waals surface area contributed by atoms with Gasteiger partial charge >= 0.3 is 0 Å². The summed E-state index contributed by atoms with van der Waals surface area (Å²) in [7, 11) is 0. The van der Waals surface area contributed by atoms with Crippen LogP contribution in [0.1, 0.15) is 22.5 Å². The van der Waals surface area contributed by atoms with Gasteiger partial charge in [0.15, 0.2) is 11.5 Å². The Morgan fingerprint density at radius 2 is 2.15 bits per heavy atom. The summed E-state index contributed by atoms with van der Waals surface area (Å²) in [6.45, 7) is 3.93. The highest BCUT2D eigenvalue weighted by molar-refractivity contribution is 7.19. The van der Waals surface area contributed by atoms with Gasteiger partial charge in [0.2, 0.25) is 0 Å². The highest BCUT2D eigenvalue weighted by Gasteiger charge is 2.25. The SMILES string of the molecule is Cc1ccc(F)c(-c2nc(C(=O)Nc3cnn(CC(F)F)c3N3CCCNCC3)c(N)s2)c1. The van der Waals surface area contributed by atoms with Crippen molar-refractivity contribution in [2.45, 2.75) is 26.3 Å². The topological polar surface area (TPSA) is 101 Å². The van der Waals surface area contributed by atoms with Gasteiger partial charge < -0.3 is 21.3 Å². The quantitative estimate of drug-likeness (QED) is 0.501. The number of anilines is 3. The number of nitrogens with two attached hydrogens (primary N) is 1. The van der Waals surface area contributed by atoms with Crippen molar-refractivity contribution in [2.75, 3.05) is 42.1 Å². The van der Waals surface area contributed by atoms with Gasteiger partial charge in [0.1, 0.15) is 28.1 Å². The average molecular weight is 480 g/mol. The lowest BCUT2D eigenvalue weighted by Gasteiger charge is -2.24. The number of hydrogen-bond acceptors (Lipinski definition) is 7. The van der Waals surface area contributed by atoms with Crippen LogP contribution in [0.4, 0.5) is 29.7 Å². The summed E-state index contributed by atoms with van der Waals surface area (Å²) in [5.74, 6) is -0.674. The van der Waals surface area contributed by atoms with Gasteiger partial charge in [0, 0.05) is 25.2 Å². The standard InChI is InChI=1S/C21H24F3N7OS/c1-12-3-4-14(22)13(9-12)20-29-17(18(25)33-20)19(32)28-15-10-27-31(11-16(23)24)21(15)30-7-2-5-26-6-8-30/h3-4,9-10,16,26H,2,5-8,11,25H2,1H3,(H,28,32). The number of halogens is 3. The first kappa shape index (κ1) is 23.1. The molecule has 0 radical (unpaired) electrons. The van der Waals surface area contributed by atoms with Crippen LogP contribution in [-0.4, -0.2) is 53.3 Å². The fraction of sp³-hybridized carbons (Fsp3) is 0.381. The molecule has 1 amide bonds. The Labute approximate surface area is 192 Å². The summed E-state index contributed by atoms with van der Waals surface area (Å²) in [5.41, 5.74) is 7.36. The van der Waals surface area contributed by atoms with Crippen molar-refractivity contribution < 1.29 is 18.0 Å². The van der Waals surface area contributed by atoms with Gasteiger partial charge in [-0.3, -0.25) is 4.79 Å². The van der Waals surface area contributed by atoms with Crippen molar-refractivity contribution in [3.63, 3.8) is 0 Å². The van der Waals surface area contributed by atoms with Crippen molar-refractivity contribution >= 4 is 33.8 Å². The summed E-state index contributed by atoms with van der Waals surface area (Å²) >= 11 is 1.01. The zero-order valence-electron chi connectivity index (χ0n) is 17.9. The molecule has 0 unspecified atom stereocenters. The van der Waals surface area contributed by atoms with Gasteiger partial charge in [0.25, 0.3) is 12.3 Å². The van der Waals surface area contributed by atoms with Crippen LogP contribution in [0.2, 0.25) is 0 Å². The summed E-state index contributed by atoms with van der Waals surface area (Å²) in [4.78, 5) is 19.2. The van der Waals surface area contributed by atoms with E-state index < -0.39 is 24.7 Å². The van der Waals surface area contributed by atoms with E-state index in [-0.39, 0.29) is 21.3 Å². The zero-order valence-corrected chi connectivity index (χ0v) is 18.8. The van der Waals surface area contributed by atoms with E-state index in [0.717, 1.165) is 29.9 Å². The lowest BCUT2D eigenvalue weighted by atomic mass is 10.1. The van der Waals surface area contributed by atoms with E-state index in [0.29, 0.717) is 31.1 Å². The van der Waals surface area contributed by atoms with Gasteiger partial charge in [-0.05, 0) is 32.0 Å². The van der Waals surface area contributed by atoms with Crippen LogP contribution in [0.15, 0.2) is 24.4 Å². The van der Waals surface area contributed by atoms with Crippen molar-refractivity contribution in [1.29, 1.82) is 0 Å². The number of carbonyl (C=O) groups excluding carboxylic acids is 1. The molecule has 0 aliphatic carbocycles. The minimum absolute atomic E-state index is 0.0546. The molecule has 1 aliphatic rings. The number of nitrogens with one attached hydrogen (secondary N) is 2. The molecule has 4 N–H and O–H groups in total. The first-order valence-corrected chi connectivity index (χ1v) is 11.3. The van der Waals surface area contributed by atoms with Crippen molar-refractivity contribution in [1.82, 2.24) is 20.1 Å². The highest BCUT2D eigenvalue weighted by Crippen LogP contribution is 2.33. The van der Waals surface area contributed by atoms with E-state index in [1.807, 2.05) is 11.8 Å². The first-order valence-electron chi connectivity index (χ1n) is 10.5. The number of carbonyl (C=O) groups is 1. The maximum atomic E-state index is 14.3. The van der Waals surface area contributed by atoms with Crippen LogP contribution in [0.25, 0.3) is 10.6 Å². The number of benzene rings is 1. The highest BCUT2D eigenvalue weighted by atomic mass is 32.1. The van der Waals surface area contributed by atoms with Gasteiger partial charge in [-0.15, -0.1) is 0 Å². The molecular weight excluding hydrogens is 455 g/mol. The van der Waals surface area contributed by atoms with Crippen molar-refractivity contribution in [3.05, 3.63) is 41.5 Å². The molecule has 2 aromatic heterocycles. The van der Waals surface area contributed by atoms with Gasteiger partial charge in [-0.25, -0.2) is 22.8 Å². The molecule has 1 aromatic carbocycles. The second-order valence-electron chi connectivity index (χ2n) is 7.71. The minimum Gasteiger partial charge on any atom is -0.389 e. The van der Waals surface area contributed by atoms with Crippen LogP contribution in [0, 0.1) is 12.7 Å². The third kappa shape index (κ3) is 5.11. The smallest absolute Gasteiger partial charge is 0.277 e. The van der Waals surface area contributed by atoms with E-state index in [1.54, 1.807) is 12.1 Å². The number of rotatable bonds is 6. The molecule has 33 heavy (non-hydrogen) atoms. The van der Waals surface area contributed by atoms with Gasteiger partial charge in [0.05, 0.1) is 6.20 Å². The normalized spacial score (nSPS) is 14.5. The fourth-order valence-corrected chi connectivity index (χ4v) is 4.56. The molecule has 0 saturated carbocycles. The Morgan fingerprint density at radius 3 is 2.94 bits per heavy atom. The van der Waals surface area contributed by atoms with Crippen molar-refractivity contribution in [3.8, 4) is 10.6 Å². The molecule has 0 spiro atoms. The molecule has 3 heterocycles. The number of alkyl halides is 2. The summed E-state index contributed by atoms with van der Waals surface area (Å²) in [6, 6.07) is 4.61. The Morgan fingerprint density at radius 1 is 1.33 bits per heavy atom. The van der Waals surface area contributed by atoms with E-state index in [9.17, 15) is 18.0 Å². The van der Waals surface area contributed by atoms with Crippen molar-refractivity contribution in [2.24, 2.45) is 0 Å². The average Bonchev–Trinajstić information content (AvgIpc) is 3.22. The number of aryl methyl sites for hydroxylation is 1. The number of amides is 1. The minimum atomic E-state index is -2.60. The number of nitrogens with zero attached hydrogens (tertiary/aromatic N) is 4. The number of nitrogen functional groups attached to an aromatic ring is 1. The monoisotopic (exact) mass is 479 g/mol. The second-order valence-corrected chi connectivity index (χ2v) is 8.75. The molecule has 0 bridgehead atoms. The van der Waals surface area contributed by atoms with Gasteiger partial charge in [-0.1, -0.05) is 23.0 Å². The third-order valence-corrected chi connectivity index (χ3v) is 6.15. The van der Waals surface area contributed by atoms with Crippen LogP contribution >= 0.6 is 11.3 Å². The lowest BCUT2D eigenvalue weighted by Crippen LogP contribution is -2.31. The molecule has 12 heteroatoms. The fourth-order valence-electron chi connectivity index (χ4n) is 3.72. The molecular formula is C21H24F3N7OS. The molecule has 1 fully saturated rings. The Hall–Kier alpha value is -3.12. The molecule has 1 aliphatic heterocycles. The van der Waals surface area contributed by atoms with E-state index >= 15 is 0 Å². The third-order valence-electron chi connectivity index (χ3n) is 5.23. The summed E-state index contributed by atoms with van der Waals surface area (Å²) in [5, 5.41) is 10.4. The molecule has 4 rings (SSSR count). The maximum absolute atomic E-state index is 14.3. The molecule has 176 valence electrons. The molecule has 0 atom stereocenters. The number of thiazole rings is 1. The van der Waals surface area contributed by atoms with Crippen LogP contribution in [0.5, 0.6) is 0 Å². The Kier molecular flexibility index (Phi) is 6.84. The predicted molar refractivity (Wildman–Crippen MR) is 123 cm³/mol. The van der Waals surface area contributed by atoms with Crippen LogP contribution < -0.4 is 21.3 Å². The first-order chi connectivity index (χ1) is 15.8. The van der Waals surface area contributed by atoms with Crippen LogP contribution in [0.3, 0.4) is 0 Å². The molecule has 1 saturated heterocycles. The maximum Gasteiger partial charge on any atom is 0.277 e. The molecule has 3 aromatic rings.